The minimum absolute atomic E-state index is 0.337. The van der Waals surface area contributed by atoms with Crippen molar-refractivity contribution in [1.82, 2.24) is 9.55 Å². The minimum Gasteiger partial charge on any atom is -0.465 e. The fourth-order valence-electron chi connectivity index (χ4n) is 3.07. The van der Waals surface area contributed by atoms with E-state index in [1.54, 1.807) is 30.6 Å². The first kappa shape index (κ1) is 20.5. The average Bonchev–Trinajstić information content (AvgIpc) is 3.43. The topological polar surface area (TPSA) is 73.2 Å². The Kier molecular flexibility index (Phi) is 5.90. The number of nitrogens with one attached hydrogen (secondary N) is 1. The van der Waals surface area contributed by atoms with Gasteiger partial charge in [0.1, 0.15) is 22.2 Å². The maximum Gasteiger partial charge on any atom is 0.348 e. The number of amides is 1. The molecule has 0 fully saturated rings. The molecule has 0 aliphatic heterocycles. The second kappa shape index (κ2) is 8.93. The number of hydrogen-bond donors (Lipinski definition) is 1. The van der Waals surface area contributed by atoms with Gasteiger partial charge < -0.3 is 14.6 Å². The summed E-state index contributed by atoms with van der Waals surface area (Å²) < 4.78 is 19.9. The average molecular weight is 435 g/mol. The van der Waals surface area contributed by atoms with Gasteiger partial charge in [-0.25, -0.2) is 14.2 Å². The van der Waals surface area contributed by atoms with E-state index in [1.165, 1.54) is 19.2 Å². The van der Waals surface area contributed by atoms with Gasteiger partial charge in [0.05, 0.1) is 24.9 Å². The van der Waals surface area contributed by atoms with Crippen LogP contribution in [0.4, 0.5) is 10.2 Å². The van der Waals surface area contributed by atoms with Gasteiger partial charge in [0.2, 0.25) is 0 Å². The fraction of sp³-hybridized carbons (Fsp3) is 0.0870. The van der Waals surface area contributed by atoms with Crippen LogP contribution in [0, 0.1) is 5.82 Å². The maximum absolute atomic E-state index is 13.4. The van der Waals surface area contributed by atoms with Gasteiger partial charge >= 0.3 is 5.97 Å². The maximum atomic E-state index is 13.4. The van der Waals surface area contributed by atoms with Crippen LogP contribution in [0.2, 0.25) is 0 Å². The highest BCUT2D eigenvalue weighted by Crippen LogP contribution is 2.29. The molecule has 156 valence electrons. The monoisotopic (exact) mass is 435 g/mol. The summed E-state index contributed by atoms with van der Waals surface area (Å²) in [7, 11) is 1.29. The molecule has 0 saturated heterocycles. The molecule has 2 aromatic heterocycles. The largest absolute Gasteiger partial charge is 0.465 e. The Morgan fingerprint density at radius 2 is 1.74 bits per heavy atom. The van der Waals surface area contributed by atoms with E-state index in [4.69, 9.17) is 4.74 Å². The number of benzene rings is 2. The summed E-state index contributed by atoms with van der Waals surface area (Å²) in [5.74, 6) is -0.746. The van der Waals surface area contributed by atoms with E-state index in [9.17, 15) is 14.0 Å². The SMILES string of the molecule is COC(=O)c1ccc(C(=O)Nc2c(-c3ccc(F)cc3)ncn2Cc2ccccc2)s1. The predicted molar refractivity (Wildman–Crippen MR) is 117 cm³/mol. The molecule has 0 spiro atoms. The number of carbonyl (C=O) groups is 2. The molecule has 4 aromatic rings. The lowest BCUT2D eigenvalue weighted by atomic mass is 10.1. The number of halogens is 1. The molecule has 0 atom stereocenters. The van der Waals surface area contributed by atoms with E-state index < -0.39 is 5.97 Å². The van der Waals surface area contributed by atoms with Gasteiger partial charge in [0.25, 0.3) is 5.91 Å². The van der Waals surface area contributed by atoms with E-state index >= 15 is 0 Å². The molecule has 4 rings (SSSR count). The third-order valence-corrected chi connectivity index (χ3v) is 5.66. The molecule has 8 heteroatoms. The molecule has 31 heavy (non-hydrogen) atoms. The number of imidazole rings is 1. The van der Waals surface area contributed by atoms with E-state index in [-0.39, 0.29) is 11.7 Å². The number of aromatic nitrogens is 2. The molecule has 0 aliphatic carbocycles. The number of methoxy groups -OCH3 is 1. The lowest BCUT2D eigenvalue weighted by molar-refractivity contribution is 0.0606. The van der Waals surface area contributed by atoms with Crippen molar-refractivity contribution in [1.29, 1.82) is 0 Å². The third kappa shape index (κ3) is 4.54. The summed E-state index contributed by atoms with van der Waals surface area (Å²) >= 11 is 1.04. The number of carbonyl (C=O) groups excluding carboxylic acids is 2. The van der Waals surface area contributed by atoms with Gasteiger partial charge in [0, 0.05) is 5.56 Å². The second-order valence-electron chi connectivity index (χ2n) is 6.67. The van der Waals surface area contributed by atoms with Crippen LogP contribution in [0.5, 0.6) is 0 Å². The number of hydrogen-bond acceptors (Lipinski definition) is 5. The number of esters is 1. The van der Waals surface area contributed by atoms with Crippen LogP contribution in [-0.2, 0) is 11.3 Å². The van der Waals surface area contributed by atoms with Crippen molar-refractivity contribution < 1.29 is 18.7 Å². The first-order chi connectivity index (χ1) is 15.0. The van der Waals surface area contributed by atoms with Gasteiger partial charge in [-0.15, -0.1) is 11.3 Å². The van der Waals surface area contributed by atoms with Gasteiger partial charge in [0.15, 0.2) is 0 Å². The molecule has 2 heterocycles. The lowest BCUT2D eigenvalue weighted by Gasteiger charge is -2.11. The third-order valence-electron chi connectivity index (χ3n) is 4.60. The van der Waals surface area contributed by atoms with Crippen LogP contribution in [0.25, 0.3) is 11.3 Å². The number of nitrogens with zero attached hydrogens (tertiary/aromatic N) is 2. The molecule has 1 N–H and O–H groups in total. The highest BCUT2D eigenvalue weighted by Gasteiger charge is 2.19. The molecule has 0 unspecified atom stereocenters. The van der Waals surface area contributed by atoms with Crippen LogP contribution in [0.3, 0.4) is 0 Å². The summed E-state index contributed by atoms with van der Waals surface area (Å²) in [5.41, 5.74) is 2.23. The van der Waals surface area contributed by atoms with Crippen molar-refractivity contribution in [2.24, 2.45) is 0 Å². The van der Waals surface area contributed by atoms with Gasteiger partial charge in [-0.05, 0) is 42.0 Å². The highest BCUT2D eigenvalue weighted by atomic mass is 32.1. The number of anilines is 1. The molecule has 0 aliphatic rings. The Balaban J connectivity index is 1.68. The minimum atomic E-state index is -0.495. The first-order valence-electron chi connectivity index (χ1n) is 9.39. The Morgan fingerprint density at radius 3 is 2.45 bits per heavy atom. The van der Waals surface area contributed by atoms with Gasteiger partial charge in [-0.2, -0.15) is 0 Å². The van der Waals surface area contributed by atoms with Crippen molar-refractivity contribution in [3.8, 4) is 11.3 Å². The molecule has 2 aromatic carbocycles. The zero-order valence-corrected chi connectivity index (χ0v) is 17.4. The Labute approximate surface area is 181 Å². The standard InChI is InChI=1S/C23H18FN3O3S/c1-30-23(29)19-12-11-18(31-19)22(28)26-21-20(16-7-9-17(24)10-8-16)25-14-27(21)13-15-5-3-2-4-6-15/h2-12,14H,13H2,1H3,(H,26,28). The molecular weight excluding hydrogens is 417 g/mol. The number of rotatable bonds is 6. The molecule has 0 bridgehead atoms. The molecule has 6 nitrogen and oxygen atoms in total. The summed E-state index contributed by atoms with van der Waals surface area (Å²) in [5, 5.41) is 2.91. The predicted octanol–water partition coefficient (Wildman–Crippen LogP) is 4.84. The van der Waals surface area contributed by atoms with E-state index in [0.29, 0.717) is 33.4 Å². The smallest absolute Gasteiger partial charge is 0.348 e. The molecular formula is C23H18FN3O3S. The van der Waals surface area contributed by atoms with Crippen LogP contribution >= 0.6 is 11.3 Å². The Hall–Kier alpha value is -3.78. The van der Waals surface area contributed by atoms with Crippen molar-refractivity contribution >= 4 is 29.0 Å². The first-order valence-corrected chi connectivity index (χ1v) is 10.2. The van der Waals surface area contributed by atoms with Gasteiger partial charge in [-0.3, -0.25) is 4.79 Å². The Bertz CT molecular complexity index is 1220. The van der Waals surface area contributed by atoms with Crippen LogP contribution < -0.4 is 5.32 Å². The molecule has 0 saturated carbocycles. The van der Waals surface area contributed by atoms with E-state index in [0.717, 1.165) is 16.9 Å². The van der Waals surface area contributed by atoms with Crippen LogP contribution in [0.15, 0.2) is 73.1 Å². The lowest BCUT2D eigenvalue weighted by Crippen LogP contribution is -2.15. The van der Waals surface area contributed by atoms with Crippen LogP contribution in [0.1, 0.15) is 24.9 Å². The van der Waals surface area contributed by atoms with E-state index in [1.807, 2.05) is 34.9 Å². The van der Waals surface area contributed by atoms with Gasteiger partial charge in [-0.1, -0.05) is 30.3 Å². The van der Waals surface area contributed by atoms with E-state index in [2.05, 4.69) is 10.3 Å². The second-order valence-corrected chi connectivity index (χ2v) is 7.76. The van der Waals surface area contributed by atoms with Crippen LogP contribution in [-0.4, -0.2) is 28.5 Å². The number of ether oxygens (including phenoxy) is 1. The summed E-state index contributed by atoms with van der Waals surface area (Å²) in [4.78, 5) is 29.8. The van der Waals surface area contributed by atoms with Crippen molar-refractivity contribution in [2.75, 3.05) is 12.4 Å². The molecule has 0 radical (unpaired) electrons. The fourth-order valence-corrected chi connectivity index (χ4v) is 3.89. The summed E-state index contributed by atoms with van der Waals surface area (Å²) in [6.07, 6.45) is 1.63. The normalized spacial score (nSPS) is 10.6. The quantitative estimate of drug-likeness (QED) is 0.440. The zero-order chi connectivity index (χ0) is 21.8. The highest BCUT2D eigenvalue weighted by molar-refractivity contribution is 7.16. The van der Waals surface area contributed by atoms with Crippen molar-refractivity contribution in [3.63, 3.8) is 0 Å². The summed E-state index contributed by atoms with van der Waals surface area (Å²) in [6.45, 7) is 0.489. The van der Waals surface area contributed by atoms with Crippen molar-refractivity contribution in [3.05, 3.63) is 94.2 Å². The number of thiophene rings is 1. The Morgan fingerprint density at radius 1 is 1.03 bits per heavy atom. The molecule has 1 amide bonds. The van der Waals surface area contributed by atoms with Crippen molar-refractivity contribution in [2.45, 2.75) is 6.54 Å². The zero-order valence-electron chi connectivity index (χ0n) is 16.5. The summed E-state index contributed by atoms with van der Waals surface area (Å²) in [6, 6.07) is 18.8.